The normalized spacial score (nSPS) is 21.1. The van der Waals surface area contributed by atoms with Gasteiger partial charge in [-0.1, -0.05) is 104 Å². The maximum absolute atomic E-state index is 9.53. The third kappa shape index (κ3) is 35.3. The molecular formula is C61H107ClO9. The molecule has 2 aromatic rings. The Morgan fingerprint density at radius 1 is 0.380 bits per heavy atom. The Morgan fingerprint density at radius 3 is 0.859 bits per heavy atom. The second-order valence-corrected chi connectivity index (χ2v) is 25.1. The third-order valence-corrected chi connectivity index (χ3v) is 14.0. The number of benzene rings is 2. The van der Waals surface area contributed by atoms with Gasteiger partial charge >= 0.3 is 0 Å². The van der Waals surface area contributed by atoms with Gasteiger partial charge in [0.15, 0.2) is 0 Å². The first-order chi connectivity index (χ1) is 33.4. The third-order valence-electron chi connectivity index (χ3n) is 13.7. The van der Waals surface area contributed by atoms with Crippen LogP contribution in [0.15, 0.2) is 36.4 Å². The van der Waals surface area contributed by atoms with Crippen LogP contribution in [0.2, 0.25) is 0 Å². The average Bonchev–Trinajstić information content (AvgIpc) is 4.06. The lowest BCUT2D eigenvalue weighted by Gasteiger charge is -2.30. The number of phenols is 4. The van der Waals surface area contributed by atoms with Gasteiger partial charge in [-0.05, 0) is 154 Å². The molecule has 0 amide bonds. The maximum Gasteiger partial charge on any atom is 0.126 e. The van der Waals surface area contributed by atoms with Crippen molar-refractivity contribution in [2.75, 3.05) is 38.9 Å². The molecule has 3 aliphatic rings. The van der Waals surface area contributed by atoms with Crippen molar-refractivity contribution in [1.82, 2.24) is 0 Å². The van der Waals surface area contributed by atoms with E-state index in [1.54, 1.807) is 18.2 Å². The van der Waals surface area contributed by atoms with E-state index in [1.807, 2.05) is 0 Å². The Balaban J connectivity index is 0.000000439. The minimum Gasteiger partial charge on any atom is -0.508 e. The Bertz CT molecular complexity index is 1570. The molecular weight excluding hydrogens is 912 g/mol. The second kappa shape index (κ2) is 34.8. The van der Waals surface area contributed by atoms with Gasteiger partial charge in [0.2, 0.25) is 0 Å². The first kappa shape index (κ1) is 64.5. The zero-order valence-electron chi connectivity index (χ0n) is 47.6. The molecule has 0 radical (unpaired) electrons. The lowest BCUT2D eigenvalue weighted by Crippen LogP contribution is -2.18. The maximum atomic E-state index is 9.53. The number of ether oxygens (including phenoxy) is 5. The van der Waals surface area contributed by atoms with E-state index < -0.39 is 0 Å². The summed E-state index contributed by atoms with van der Waals surface area (Å²) in [6.07, 6.45) is 17.8. The van der Waals surface area contributed by atoms with E-state index in [2.05, 4.69) is 104 Å². The molecule has 2 aromatic carbocycles. The molecule has 3 heterocycles. The van der Waals surface area contributed by atoms with Crippen molar-refractivity contribution >= 4 is 11.6 Å². The number of rotatable bonds is 31. The van der Waals surface area contributed by atoms with E-state index in [1.165, 1.54) is 77.0 Å². The van der Waals surface area contributed by atoms with Crippen molar-refractivity contribution in [1.29, 1.82) is 0 Å². The predicted octanol–water partition coefficient (Wildman–Crippen LogP) is 16.4. The molecule has 71 heavy (non-hydrogen) atoms. The van der Waals surface area contributed by atoms with E-state index in [4.69, 9.17) is 50.6 Å². The molecule has 5 rings (SSSR count). The summed E-state index contributed by atoms with van der Waals surface area (Å²) < 4.78 is 25.8. The first-order valence-electron chi connectivity index (χ1n) is 28.1. The van der Waals surface area contributed by atoms with E-state index >= 15 is 0 Å². The van der Waals surface area contributed by atoms with E-state index in [0.717, 1.165) is 115 Å². The summed E-state index contributed by atoms with van der Waals surface area (Å²) in [4.78, 5) is 0. The monoisotopic (exact) mass is 1020 g/mol. The van der Waals surface area contributed by atoms with Crippen molar-refractivity contribution < 1.29 is 44.1 Å². The summed E-state index contributed by atoms with van der Waals surface area (Å²) in [6.45, 7) is 40.5. The number of aromatic hydroxyl groups is 4. The van der Waals surface area contributed by atoms with Crippen molar-refractivity contribution in [3.8, 4) is 34.5 Å². The van der Waals surface area contributed by atoms with Gasteiger partial charge in [0.25, 0.3) is 0 Å². The largest absolute Gasteiger partial charge is 0.508 e. The van der Waals surface area contributed by atoms with Crippen LogP contribution in [0.3, 0.4) is 0 Å². The van der Waals surface area contributed by atoms with Crippen molar-refractivity contribution in [2.45, 2.75) is 199 Å². The lowest BCUT2D eigenvalue weighted by molar-refractivity contribution is 0.217. The number of halogens is 1. The number of phenolic OH excluding ortho intramolecular Hbond substituents is 4. The molecule has 3 aliphatic heterocycles. The predicted molar refractivity (Wildman–Crippen MR) is 296 cm³/mol. The highest BCUT2D eigenvalue weighted by atomic mass is 35.5. The quantitative estimate of drug-likeness (QED) is 0.0430. The molecule has 0 saturated carbocycles. The minimum atomic E-state index is -0.146. The lowest BCUT2D eigenvalue weighted by atomic mass is 9.76. The van der Waals surface area contributed by atoms with Crippen molar-refractivity contribution in [3.05, 3.63) is 36.4 Å². The Kier molecular flexibility index (Phi) is 31.6. The molecule has 0 bridgehead atoms. The summed E-state index contributed by atoms with van der Waals surface area (Å²) in [5.41, 5.74) is 0. The van der Waals surface area contributed by atoms with Crippen LogP contribution in [0.4, 0.5) is 0 Å². The smallest absolute Gasteiger partial charge is 0.126 e. The molecule has 9 nitrogen and oxygen atoms in total. The fourth-order valence-electron chi connectivity index (χ4n) is 11.6. The van der Waals surface area contributed by atoms with Crippen molar-refractivity contribution in [2.24, 2.45) is 76.9 Å². The van der Waals surface area contributed by atoms with Gasteiger partial charge in [-0.2, -0.15) is 0 Å². The van der Waals surface area contributed by atoms with Crippen LogP contribution >= 0.6 is 11.6 Å². The minimum absolute atomic E-state index is 0.130. The number of alkyl halides is 1. The van der Waals surface area contributed by atoms with Crippen LogP contribution < -0.4 is 9.47 Å². The summed E-state index contributed by atoms with van der Waals surface area (Å²) in [5.74, 6) is 12.8. The topological polar surface area (TPSA) is 137 Å². The molecule has 0 spiro atoms. The highest BCUT2D eigenvalue weighted by molar-refractivity contribution is 6.18. The summed E-state index contributed by atoms with van der Waals surface area (Å²) in [5, 5.41) is 35.6. The Hall–Kier alpha value is -2.59. The number of hydrogen-bond donors (Lipinski definition) is 4. The summed E-state index contributed by atoms with van der Waals surface area (Å²) in [6, 6.07) is 8.29. The molecule has 4 N–H and O–H groups in total. The molecule has 10 heteroatoms. The van der Waals surface area contributed by atoms with Crippen LogP contribution in [0.1, 0.15) is 181 Å². The highest BCUT2D eigenvalue weighted by Crippen LogP contribution is 2.36. The van der Waals surface area contributed by atoms with E-state index in [-0.39, 0.29) is 35.2 Å². The Morgan fingerprint density at radius 2 is 0.620 bits per heavy atom. The second-order valence-electron chi connectivity index (χ2n) is 24.8. The molecule has 0 aromatic heterocycles. The molecule has 0 aliphatic carbocycles. The molecule has 3 fully saturated rings. The van der Waals surface area contributed by atoms with Gasteiger partial charge in [0.1, 0.15) is 59.9 Å². The average molecular weight is 1020 g/mol. The van der Waals surface area contributed by atoms with Crippen LogP contribution in [0.5, 0.6) is 34.5 Å². The zero-order valence-corrected chi connectivity index (χ0v) is 48.4. The van der Waals surface area contributed by atoms with Gasteiger partial charge in [0.05, 0.1) is 31.8 Å². The number of hydrogen-bond acceptors (Lipinski definition) is 9. The number of epoxide rings is 3. The summed E-state index contributed by atoms with van der Waals surface area (Å²) >= 11 is 5.27. The fourth-order valence-corrected chi connectivity index (χ4v) is 11.7. The van der Waals surface area contributed by atoms with Gasteiger partial charge in [-0.25, -0.2) is 0 Å². The van der Waals surface area contributed by atoms with Gasteiger partial charge in [-0.3, -0.25) is 0 Å². The molecule has 13 unspecified atom stereocenters. The standard InChI is InChI=1S/C40H82.C12H14O5.C6H6O3.C3H5ClO/c1-28(2)16-31(7)19-34(10)21-35(11)22-36(12)23-37(13)24-39(15)27-40(25-33(9)18-30(5)6)26-38(14)20-32(8)17-29(3)4;13-8-1-9(14-4-11-6-16-11)3-10(2-8)15-5-12-7-17-12;7-4-1-5(8)3-6(9)2-4;4-1-3-2-5-3/h28-40H,16-27H2,1-15H3;1-3,11-13H,4-7H2;1-3,7-9H;3H,1-2H2. The van der Waals surface area contributed by atoms with Gasteiger partial charge in [0, 0.05) is 36.4 Å². The van der Waals surface area contributed by atoms with Crippen molar-refractivity contribution in [3.63, 3.8) is 0 Å². The Labute approximate surface area is 439 Å². The van der Waals surface area contributed by atoms with Gasteiger partial charge < -0.3 is 44.1 Å². The summed E-state index contributed by atoms with van der Waals surface area (Å²) in [7, 11) is 0. The fraction of sp³-hybridized carbons (Fsp3) is 0.803. The molecule has 3 saturated heterocycles. The van der Waals surface area contributed by atoms with Crippen LogP contribution in [-0.2, 0) is 14.2 Å². The highest BCUT2D eigenvalue weighted by Gasteiger charge is 2.26. The van der Waals surface area contributed by atoms with Gasteiger partial charge in [-0.15, -0.1) is 11.6 Å². The SMILES string of the molecule is CC(C)CC(C)CC(C)CC(C)CC(C)CC(C)CC(C)CC(CC(C)CC(C)C)CC(C)CC(C)CC(C)C.ClCC1CO1.Oc1cc(O)cc(O)c1.Oc1cc(OCC2CO2)cc(OCC2CO2)c1. The zero-order chi connectivity index (χ0) is 53.2. The first-order valence-corrected chi connectivity index (χ1v) is 28.6. The van der Waals surface area contributed by atoms with Crippen LogP contribution in [0, 0.1) is 76.9 Å². The van der Waals surface area contributed by atoms with E-state index in [9.17, 15) is 5.11 Å². The van der Waals surface area contributed by atoms with Crippen LogP contribution in [-0.4, -0.2) is 77.7 Å². The molecule has 412 valence electrons. The van der Waals surface area contributed by atoms with Crippen LogP contribution in [0.25, 0.3) is 0 Å². The van der Waals surface area contributed by atoms with E-state index in [0.29, 0.717) is 36.7 Å². The molecule has 13 atom stereocenters.